The molecule has 1 heterocycles. The molecule has 1 aliphatic heterocycles. The molecular weight excluding hydrogens is 428 g/mol. The zero-order chi connectivity index (χ0) is 24.4. The molecule has 180 valence electrons. The van der Waals surface area contributed by atoms with E-state index in [1.165, 1.54) is 11.1 Å². The van der Waals surface area contributed by atoms with Crippen LogP contribution >= 0.6 is 0 Å². The third-order valence-corrected chi connectivity index (χ3v) is 5.48. The largest absolute Gasteiger partial charge is 0.496 e. The van der Waals surface area contributed by atoms with Gasteiger partial charge in [-0.3, -0.25) is 9.80 Å². The number of hydrogen-bond donors (Lipinski definition) is 2. The highest BCUT2D eigenvalue weighted by atomic mass is 16.5. The summed E-state index contributed by atoms with van der Waals surface area (Å²) >= 11 is 0. The first-order valence-corrected chi connectivity index (χ1v) is 10.5. The van der Waals surface area contributed by atoms with Gasteiger partial charge in [0, 0.05) is 50.9 Å². The van der Waals surface area contributed by atoms with Crippen molar-refractivity contribution in [3.8, 4) is 17.2 Å². The summed E-state index contributed by atoms with van der Waals surface area (Å²) in [6, 6.07) is 12.6. The summed E-state index contributed by atoms with van der Waals surface area (Å²) in [4.78, 5) is 23.2. The highest BCUT2D eigenvalue weighted by molar-refractivity contribution is 6.27. The molecule has 2 aromatic carbocycles. The lowest BCUT2D eigenvalue weighted by Gasteiger charge is -2.35. The van der Waals surface area contributed by atoms with Crippen LogP contribution in [0.15, 0.2) is 36.4 Å². The van der Waals surface area contributed by atoms with E-state index in [0.29, 0.717) is 5.75 Å². The maximum Gasteiger partial charge on any atom is 0.414 e. The van der Waals surface area contributed by atoms with Crippen LogP contribution in [0.2, 0.25) is 0 Å². The van der Waals surface area contributed by atoms with Crippen LogP contribution in [0.5, 0.6) is 17.2 Å². The fraction of sp³-hybridized carbons (Fsp3) is 0.417. The van der Waals surface area contributed by atoms with Crippen LogP contribution in [0.3, 0.4) is 0 Å². The Kier molecular flexibility index (Phi) is 9.96. The number of aliphatic carboxylic acids is 2. The van der Waals surface area contributed by atoms with E-state index in [1.54, 1.807) is 21.3 Å². The molecule has 9 nitrogen and oxygen atoms in total. The minimum atomic E-state index is -1.82. The van der Waals surface area contributed by atoms with Gasteiger partial charge in [0.1, 0.15) is 5.75 Å². The lowest BCUT2D eigenvalue weighted by molar-refractivity contribution is -0.159. The predicted octanol–water partition coefficient (Wildman–Crippen LogP) is 2.49. The van der Waals surface area contributed by atoms with E-state index in [-0.39, 0.29) is 0 Å². The number of carboxylic acids is 2. The second-order valence-electron chi connectivity index (χ2n) is 7.61. The molecule has 2 N–H and O–H groups in total. The summed E-state index contributed by atoms with van der Waals surface area (Å²) in [5, 5.41) is 14.8. The van der Waals surface area contributed by atoms with Crippen LogP contribution in [0.25, 0.3) is 0 Å². The number of benzene rings is 2. The van der Waals surface area contributed by atoms with Crippen molar-refractivity contribution in [1.29, 1.82) is 0 Å². The lowest BCUT2D eigenvalue weighted by atomic mass is 10.1. The van der Waals surface area contributed by atoms with Crippen molar-refractivity contribution in [2.45, 2.75) is 20.0 Å². The van der Waals surface area contributed by atoms with Crippen molar-refractivity contribution in [1.82, 2.24) is 9.80 Å². The normalized spacial score (nSPS) is 14.1. The van der Waals surface area contributed by atoms with Gasteiger partial charge >= 0.3 is 11.9 Å². The Balaban J connectivity index is 0.000000569. The summed E-state index contributed by atoms with van der Waals surface area (Å²) in [6.07, 6.45) is 0. The van der Waals surface area contributed by atoms with Crippen molar-refractivity contribution in [2.75, 3.05) is 47.5 Å². The molecule has 33 heavy (non-hydrogen) atoms. The van der Waals surface area contributed by atoms with E-state index in [9.17, 15) is 0 Å². The van der Waals surface area contributed by atoms with Crippen molar-refractivity contribution >= 4 is 11.9 Å². The molecule has 1 aliphatic rings. The maximum absolute atomic E-state index is 9.10. The maximum atomic E-state index is 9.10. The van der Waals surface area contributed by atoms with Crippen LogP contribution in [0.1, 0.15) is 16.7 Å². The molecule has 2 aromatic rings. The van der Waals surface area contributed by atoms with Gasteiger partial charge < -0.3 is 24.4 Å². The molecule has 0 radical (unpaired) electrons. The standard InChI is InChI=1S/C22H30N2O3.C2H2O4/c1-17-7-5-6-8-18(17)15-23-9-11-24(12-10-23)16-19-13-21(26-3)22(27-4)14-20(19)25-2;3-1(4)2(5)6/h5-8,13-14H,9-12,15-16H2,1-4H3;(H,3,4)(H,5,6). The summed E-state index contributed by atoms with van der Waals surface area (Å²) in [7, 11) is 5.01. The van der Waals surface area contributed by atoms with Crippen molar-refractivity contribution in [2.24, 2.45) is 0 Å². The second-order valence-corrected chi connectivity index (χ2v) is 7.61. The zero-order valence-electron chi connectivity index (χ0n) is 19.5. The molecule has 1 saturated heterocycles. The van der Waals surface area contributed by atoms with E-state index in [4.69, 9.17) is 34.0 Å². The first kappa shape index (κ1) is 26.0. The van der Waals surface area contributed by atoms with Crippen molar-refractivity contribution in [3.05, 3.63) is 53.1 Å². The number of piperazine rings is 1. The van der Waals surface area contributed by atoms with Crippen LogP contribution < -0.4 is 14.2 Å². The van der Waals surface area contributed by atoms with E-state index < -0.39 is 11.9 Å². The monoisotopic (exact) mass is 460 g/mol. The van der Waals surface area contributed by atoms with Crippen LogP contribution in [0.4, 0.5) is 0 Å². The number of hydrogen-bond acceptors (Lipinski definition) is 7. The number of carbonyl (C=O) groups is 2. The van der Waals surface area contributed by atoms with E-state index >= 15 is 0 Å². The fourth-order valence-corrected chi connectivity index (χ4v) is 3.59. The van der Waals surface area contributed by atoms with Gasteiger partial charge in [0.15, 0.2) is 11.5 Å². The Morgan fingerprint density at radius 3 is 1.67 bits per heavy atom. The first-order chi connectivity index (χ1) is 15.8. The quantitative estimate of drug-likeness (QED) is 0.602. The molecule has 3 rings (SSSR count). The van der Waals surface area contributed by atoms with Gasteiger partial charge in [0.05, 0.1) is 21.3 Å². The van der Waals surface area contributed by atoms with Gasteiger partial charge in [0.2, 0.25) is 0 Å². The molecule has 0 saturated carbocycles. The smallest absolute Gasteiger partial charge is 0.414 e. The highest BCUT2D eigenvalue weighted by Crippen LogP contribution is 2.35. The van der Waals surface area contributed by atoms with Crippen LogP contribution in [0, 0.1) is 6.92 Å². The number of rotatable bonds is 7. The molecule has 9 heteroatoms. The van der Waals surface area contributed by atoms with Crippen molar-refractivity contribution in [3.63, 3.8) is 0 Å². The second kappa shape index (κ2) is 12.7. The minimum Gasteiger partial charge on any atom is -0.496 e. The van der Waals surface area contributed by atoms with Crippen LogP contribution in [-0.2, 0) is 22.7 Å². The summed E-state index contributed by atoms with van der Waals surface area (Å²) in [6.45, 7) is 8.30. The van der Waals surface area contributed by atoms with Gasteiger partial charge in [0.25, 0.3) is 0 Å². The minimum absolute atomic E-state index is 0.696. The average molecular weight is 461 g/mol. The summed E-state index contributed by atoms with van der Waals surface area (Å²) < 4.78 is 16.4. The number of carboxylic acid groups (broad SMARTS) is 2. The zero-order valence-corrected chi connectivity index (χ0v) is 19.5. The molecular formula is C24H32N2O7. The molecule has 0 aliphatic carbocycles. The van der Waals surface area contributed by atoms with Crippen LogP contribution in [-0.4, -0.2) is 79.5 Å². The topological polar surface area (TPSA) is 109 Å². The number of methoxy groups -OCH3 is 3. The van der Waals surface area contributed by atoms with Gasteiger partial charge in [-0.15, -0.1) is 0 Å². The third kappa shape index (κ3) is 7.65. The number of aryl methyl sites for hydroxylation is 1. The predicted molar refractivity (Wildman–Crippen MR) is 123 cm³/mol. The molecule has 0 amide bonds. The third-order valence-electron chi connectivity index (χ3n) is 5.48. The SMILES string of the molecule is COc1cc(OC)c(OC)cc1CN1CCN(Cc2ccccc2C)CC1.O=C(O)C(=O)O. The van der Waals surface area contributed by atoms with Gasteiger partial charge in [-0.1, -0.05) is 24.3 Å². The van der Waals surface area contributed by atoms with Gasteiger partial charge in [-0.25, -0.2) is 9.59 Å². The molecule has 0 spiro atoms. The molecule has 1 fully saturated rings. The molecule has 0 atom stereocenters. The molecule has 0 bridgehead atoms. The van der Waals surface area contributed by atoms with Crippen molar-refractivity contribution < 1.29 is 34.0 Å². The Morgan fingerprint density at radius 2 is 1.21 bits per heavy atom. The molecule has 0 aromatic heterocycles. The number of nitrogens with zero attached hydrogens (tertiary/aromatic N) is 2. The Hall–Kier alpha value is -3.30. The first-order valence-electron chi connectivity index (χ1n) is 10.5. The van der Waals surface area contributed by atoms with E-state index in [1.807, 2.05) is 12.1 Å². The fourth-order valence-electron chi connectivity index (χ4n) is 3.59. The van der Waals surface area contributed by atoms with Gasteiger partial charge in [-0.05, 0) is 24.1 Å². The lowest BCUT2D eigenvalue weighted by Crippen LogP contribution is -2.45. The summed E-state index contributed by atoms with van der Waals surface area (Å²) in [5.41, 5.74) is 3.92. The Morgan fingerprint density at radius 1 is 0.758 bits per heavy atom. The van der Waals surface area contributed by atoms with E-state index in [2.05, 4.69) is 41.0 Å². The van der Waals surface area contributed by atoms with Gasteiger partial charge in [-0.2, -0.15) is 0 Å². The Bertz CT molecular complexity index is 928. The van der Waals surface area contributed by atoms with E-state index in [0.717, 1.165) is 56.3 Å². The average Bonchev–Trinajstić information content (AvgIpc) is 2.81. The summed E-state index contributed by atoms with van der Waals surface area (Å²) in [5.74, 6) is -1.37. The Labute approximate surface area is 194 Å². The number of ether oxygens (including phenoxy) is 3. The highest BCUT2D eigenvalue weighted by Gasteiger charge is 2.20. The molecule has 0 unspecified atom stereocenters.